The van der Waals surface area contributed by atoms with Crippen LogP contribution in [-0.2, 0) is 18.4 Å². The summed E-state index contributed by atoms with van der Waals surface area (Å²) in [7, 11) is 1.31. The summed E-state index contributed by atoms with van der Waals surface area (Å²) < 4.78 is 23.5. The van der Waals surface area contributed by atoms with E-state index in [1.165, 1.54) is 218 Å². The minimum absolute atomic E-state index is 0.0121. The monoisotopic (exact) mass is 1180 g/mol. The number of unbranched alkanes of at least 4 members (excludes halogenated alkanes) is 38. The molecule has 0 aliphatic carbocycles. The van der Waals surface area contributed by atoms with Gasteiger partial charge in [0.1, 0.15) is 13.2 Å². The van der Waals surface area contributed by atoms with E-state index in [9.17, 15) is 19.4 Å². The van der Waals surface area contributed by atoms with Crippen molar-refractivity contribution in [3.05, 3.63) is 85.1 Å². The molecular weight excluding hydrogens is 1040 g/mol. The van der Waals surface area contributed by atoms with E-state index in [1.54, 1.807) is 0 Å². The lowest BCUT2D eigenvalue weighted by molar-refractivity contribution is -0.870. The molecular formula is C74H137N2O6P. The van der Waals surface area contributed by atoms with E-state index in [-0.39, 0.29) is 19.1 Å². The van der Waals surface area contributed by atoms with E-state index in [0.717, 1.165) is 83.5 Å². The van der Waals surface area contributed by atoms with Gasteiger partial charge in [-0.1, -0.05) is 336 Å². The number of phosphoric ester groups is 1. The zero-order chi connectivity index (χ0) is 60.5. The summed E-state index contributed by atoms with van der Waals surface area (Å²) in [4.78, 5) is 25.7. The number of hydrogen-bond acceptors (Lipinski definition) is 6. The van der Waals surface area contributed by atoms with Gasteiger partial charge in [-0.25, -0.2) is 0 Å². The molecule has 0 fully saturated rings. The second-order valence-electron chi connectivity index (χ2n) is 25.2. The molecule has 3 unspecified atom stereocenters. The molecule has 0 saturated heterocycles. The molecule has 1 amide bonds. The van der Waals surface area contributed by atoms with Crippen LogP contribution < -0.4 is 10.2 Å². The number of aliphatic hydroxyl groups is 1. The van der Waals surface area contributed by atoms with Gasteiger partial charge in [0.2, 0.25) is 5.91 Å². The highest BCUT2D eigenvalue weighted by molar-refractivity contribution is 7.45. The normalized spacial score (nSPS) is 14.2. The maximum absolute atomic E-state index is 13.1. The lowest BCUT2D eigenvalue weighted by Crippen LogP contribution is -2.46. The third kappa shape index (κ3) is 67.1. The number of carbonyl (C=O) groups excluding carboxylic acids is 1. The Morgan fingerprint density at radius 1 is 0.434 bits per heavy atom. The number of phosphoric acid groups is 1. The number of hydrogen-bond donors (Lipinski definition) is 2. The van der Waals surface area contributed by atoms with Gasteiger partial charge in [0, 0.05) is 6.42 Å². The Labute approximate surface area is 516 Å². The molecule has 0 spiro atoms. The van der Waals surface area contributed by atoms with Crippen LogP contribution in [0.15, 0.2) is 85.1 Å². The van der Waals surface area contributed by atoms with E-state index < -0.39 is 20.0 Å². The number of quaternary nitrogens is 1. The maximum Gasteiger partial charge on any atom is 0.268 e. The summed E-state index contributed by atoms with van der Waals surface area (Å²) in [6, 6.07) is -0.803. The van der Waals surface area contributed by atoms with Gasteiger partial charge in [0.25, 0.3) is 7.82 Å². The van der Waals surface area contributed by atoms with E-state index in [4.69, 9.17) is 9.05 Å². The van der Waals surface area contributed by atoms with Gasteiger partial charge >= 0.3 is 0 Å². The van der Waals surface area contributed by atoms with Gasteiger partial charge in [0.05, 0.1) is 39.9 Å². The Balaban J connectivity index is 3.95. The molecule has 8 nitrogen and oxygen atoms in total. The Bertz CT molecular complexity index is 1630. The zero-order valence-corrected chi connectivity index (χ0v) is 56.3. The number of nitrogens with one attached hydrogen (secondary N) is 1. The van der Waals surface area contributed by atoms with Crippen LogP contribution in [0, 0.1) is 0 Å². The van der Waals surface area contributed by atoms with Gasteiger partial charge in [-0.2, -0.15) is 0 Å². The highest BCUT2D eigenvalue weighted by Gasteiger charge is 2.24. The van der Waals surface area contributed by atoms with Gasteiger partial charge in [-0.3, -0.25) is 9.36 Å². The van der Waals surface area contributed by atoms with Crippen molar-refractivity contribution < 1.29 is 32.9 Å². The minimum Gasteiger partial charge on any atom is -0.756 e. The first-order valence-corrected chi connectivity index (χ1v) is 36.9. The number of nitrogens with zero attached hydrogens (tertiary/aromatic N) is 1. The molecule has 0 radical (unpaired) electrons. The van der Waals surface area contributed by atoms with Crippen LogP contribution in [-0.4, -0.2) is 68.5 Å². The molecule has 0 aliphatic rings. The summed E-state index contributed by atoms with van der Waals surface area (Å²) in [5, 5.41) is 14.1. The van der Waals surface area contributed by atoms with Gasteiger partial charge < -0.3 is 28.8 Å². The first kappa shape index (κ1) is 80.7. The highest BCUT2D eigenvalue weighted by atomic mass is 31.2. The largest absolute Gasteiger partial charge is 0.756 e. The Morgan fingerprint density at radius 3 is 1.07 bits per heavy atom. The summed E-state index contributed by atoms with van der Waals surface area (Å²) in [6.07, 6.45) is 90.9. The van der Waals surface area contributed by atoms with Crippen LogP contribution in [0.4, 0.5) is 0 Å². The van der Waals surface area contributed by atoms with Gasteiger partial charge in [-0.05, 0) is 70.6 Å². The number of aliphatic hydroxyl groups excluding tert-OH is 1. The topological polar surface area (TPSA) is 108 Å². The van der Waals surface area contributed by atoms with Crippen LogP contribution in [0.25, 0.3) is 0 Å². The number of amides is 1. The summed E-state index contributed by atoms with van der Waals surface area (Å²) in [6.45, 7) is 4.64. The number of carbonyl (C=O) groups is 1. The molecule has 3 atom stereocenters. The minimum atomic E-state index is -4.58. The Kier molecular flexibility index (Phi) is 62.4. The molecule has 9 heteroatoms. The quantitative estimate of drug-likeness (QED) is 0.0272. The number of allylic oxidation sites excluding steroid dienone is 14. The lowest BCUT2D eigenvalue weighted by atomic mass is 10.0. The molecule has 0 aromatic heterocycles. The fraction of sp³-hybridized carbons (Fsp3) is 0.797. The molecule has 0 rings (SSSR count). The third-order valence-electron chi connectivity index (χ3n) is 15.9. The molecule has 0 aromatic rings. The number of rotatable bonds is 65. The predicted molar refractivity (Wildman–Crippen MR) is 362 cm³/mol. The third-order valence-corrected chi connectivity index (χ3v) is 16.9. The van der Waals surface area contributed by atoms with E-state index in [2.05, 4.69) is 104 Å². The molecule has 2 N–H and O–H groups in total. The van der Waals surface area contributed by atoms with Crippen molar-refractivity contribution in [2.75, 3.05) is 40.9 Å². The van der Waals surface area contributed by atoms with Crippen molar-refractivity contribution in [1.29, 1.82) is 0 Å². The van der Waals surface area contributed by atoms with Crippen molar-refractivity contribution >= 4 is 13.7 Å². The van der Waals surface area contributed by atoms with E-state index in [1.807, 2.05) is 21.1 Å². The molecule has 0 aliphatic heterocycles. The fourth-order valence-corrected chi connectivity index (χ4v) is 11.2. The SMILES string of the molecule is CC/C=C\C/C=C\C/C=C\C/C=C\C/C=C\C/C=C\C/C=C\CCCCCCCCCCCCCCCCCCCCCC(=O)NC(COP(=O)([O-])OCC[N+](C)(C)C)C(O)CCCCCCCCCCCCCCCCCCCCCC. The smallest absolute Gasteiger partial charge is 0.268 e. The van der Waals surface area contributed by atoms with E-state index in [0.29, 0.717) is 23.9 Å². The first-order chi connectivity index (χ1) is 40.5. The maximum atomic E-state index is 13.1. The Hall–Kier alpha value is -2.32. The number of likely N-dealkylation sites (N-methyl/N-ethyl adjacent to an activating group) is 1. The molecule has 0 saturated carbocycles. The van der Waals surface area contributed by atoms with Crippen molar-refractivity contribution in [1.82, 2.24) is 5.32 Å². The van der Waals surface area contributed by atoms with Gasteiger partial charge in [0.15, 0.2) is 0 Å². The van der Waals surface area contributed by atoms with Crippen molar-refractivity contribution in [3.8, 4) is 0 Å². The Morgan fingerprint density at radius 2 is 0.735 bits per heavy atom. The fourth-order valence-electron chi connectivity index (χ4n) is 10.4. The average molecular weight is 1180 g/mol. The first-order valence-electron chi connectivity index (χ1n) is 35.4. The lowest BCUT2D eigenvalue weighted by Gasteiger charge is -2.30. The van der Waals surface area contributed by atoms with Crippen LogP contribution in [0.5, 0.6) is 0 Å². The summed E-state index contributed by atoms with van der Waals surface area (Å²) in [5.41, 5.74) is 0. The standard InChI is InChI=1S/C74H137N2O6P/c1-6-8-10-12-14-16-18-20-22-24-26-28-29-30-31-32-33-34-35-36-37-38-39-40-41-42-43-44-45-46-47-48-50-52-54-56-58-60-62-64-66-68-74(78)75-72(71-82-83(79,80)81-70-69-76(3,4)5)73(77)67-65-63-61-59-57-55-53-51-49-27-25-23-21-19-17-15-13-11-9-7-2/h8,10,14,16,20,22,26,28,30-31,33-34,36-37,72-73,77H,6-7,9,11-13,15,17-19,21,23-25,27,29,32,35,38-71H2,1-5H3,(H-,75,78,79,80)/b10-8-,16-14-,22-20-,28-26-,31-30-,34-33-,37-36-. The highest BCUT2D eigenvalue weighted by Crippen LogP contribution is 2.38. The molecule has 484 valence electrons. The zero-order valence-electron chi connectivity index (χ0n) is 55.4. The van der Waals surface area contributed by atoms with Crippen molar-refractivity contribution in [3.63, 3.8) is 0 Å². The molecule has 0 bridgehead atoms. The molecule has 0 heterocycles. The second kappa shape index (κ2) is 64.2. The molecule has 0 aromatic carbocycles. The van der Waals surface area contributed by atoms with Crippen LogP contribution in [0.1, 0.15) is 328 Å². The van der Waals surface area contributed by atoms with Gasteiger partial charge in [-0.15, -0.1) is 0 Å². The van der Waals surface area contributed by atoms with Crippen molar-refractivity contribution in [2.24, 2.45) is 0 Å². The van der Waals surface area contributed by atoms with Crippen LogP contribution >= 0.6 is 7.82 Å². The van der Waals surface area contributed by atoms with Crippen LogP contribution in [0.2, 0.25) is 0 Å². The van der Waals surface area contributed by atoms with Crippen LogP contribution in [0.3, 0.4) is 0 Å². The van der Waals surface area contributed by atoms with Crippen molar-refractivity contribution in [2.45, 2.75) is 341 Å². The summed E-state index contributed by atoms with van der Waals surface area (Å²) in [5.74, 6) is -0.161. The summed E-state index contributed by atoms with van der Waals surface area (Å²) >= 11 is 0. The predicted octanol–water partition coefficient (Wildman–Crippen LogP) is 22.1. The van der Waals surface area contributed by atoms with E-state index >= 15 is 0 Å². The second-order valence-corrected chi connectivity index (χ2v) is 26.6. The molecule has 83 heavy (non-hydrogen) atoms. The average Bonchev–Trinajstić information content (AvgIpc) is 3.49.